The molecule has 24 heavy (non-hydrogen) atoms. The molecule has 1 atom stereocenters. The molecule has 0 fully saturated rings. The van der Waals surface area contributed by atoms with Gasteiger partial charge in [0, 0.05) is 0 Å². The number of nitrogens with one attached hydrogen (secondary N) is 1. The number of alkyl halides is 6. The van der Waals surface area contributed by atoms with Crippen molar-refractivity contribution in [3.8, 4) is 5.75 Å². The van der Waals surface area contributed by atoms with Gasteiger partial charge in [0.2, 0.25) is 0 Å². The Morgan fingerprint density at radius 2 is 1.96 bits per heavy atom. The van der Waals surface area contributed by atoms with Crippen molar-refractivity contribution in [2.75, 3.05) is 13.2 Å². The first-order valence-electron chi connectivity index (χ1n) is 6.81. The largest absolute Gasteiger partial charge is 0.491 e. The number of carbonyl (C=O) groups is 1. The van der Waals surface area contributed by atoms with E-state index in [2.05, 4.69) is 4.74 Å². The van der Waals surface area contributed by atoms with Gasteiger partial charge in [-0.25, -0.2) is 0 Å². The summed E-state index contributed by atoms with van der Waals surface area (Å²) in [6, 6.07) is 3.61. The molecule has 0 saturated carbocycles. The smallest absolute Gasteiger partial charge is 0.471 e. The quantitative estimate of drug-likeness (QED) is 0.843. The van der Waals surface area contributed by atoms with Crippen LogP contribution in [0.2, 0.25) is 0 Å². The number of halogens is 6. The molecule has 0 saturated heterocycles. The number of amides is 1. The normalized spacial score (nSPS) is 17.8. The van der Waals surface area contributed by atoms with Crippen LogP contribution in [0.25, 0.3) is 0 Å². The van der Waals surface area contributed by atoms with Crippen molar-refractivity contribution in [1.82, 2.24) is 5.32 Å². The zero-order valence-corrected chi connectivity index (χ0v) is 12.1. The van der Waals surface area contributed by atoms with Crippen LogP contribution in [0.5, 0.6) is 5.75 Å². The molecule has 1 N–H and O–H groups in total. The van der Waals surface area contributed by atoms with Crippen molar-refractivity contribution in [2.45, 2.75) is 31.4 Å². The number of benzene rings is 1. The van der Waals surface area contributed by atoms with Gasteiger partial charge in [-0.1, -0.05) is 6.07 Å². The van der Waals surface area contributed by atoms with Gasteiger partial charge in [0.15, 0.2) is 0 Å². The van der Waals surface area contributed by atoms with Crippen molar-refractivity contribution in [1.29, 1.82) is 0 Å². The molecule has 4 nitrogen and oxygen atoms in total. The molecule has 0 aliphatic carbocycles. The molecule has 0 spiro atoms. The average molecular weight is 357 g/mol. The van der Waals surface area contributed by atoms with E-state index in [-0.39, 0.29) is 19.6 Å². The third kappa shape index (κ3) is 5.29. The van der Waals surface area contributed by atoms with Crippen LogP contribution >= 0.6 is 0 Å². The lowest BCUT2D eigenvalue weighted by Gasteiger charge is -2.26. The highest BCUT2D eigenvalue weighted by molar-refractivity contribution is 5.82. The molecule has 0 aromatic heterocycles. The second-order valence-electron chi connectivity index (χ2n) is 5.23. The molecule has 134 valence electrons. The molecule has 0 radical (unpaired) electrons. The molecule has 1 heterocycles. The Bertz CT molecular complexity index is 599. The van der Waals surface area contributed by atoms with E-state index in [9.17, 15) is 31.1 Å². The summed E-state index contributed by atoms with van der Waals surface area (Å²) in [6.07, 6.45) is -9.36. The van der Waals surface area contributed by atoms with Gasteiger partial charge in [-0.3, -0.25) is 4.79 Å². The zero-order valence-electron chi connectivity index (χ0n) is 12.1. The van der Waals surface area contributed by atoms with Crippen molar-refractivity contribution in [2.24, 2.45) is 0 Å². The summed E-state index contributed by atoms with van der Waals surface area (Å²) in [4.78, 5) is 10.9. The maximum atomic E-state index is 12.2. The van der Waals surface area contributed by atoms with Crippen LogP contribution in [-0.4, -0.2) is 37.5 Å². The van der Waals surface area contributed by atoms with Gasteiger partial charge in [-0.05, 0) is 29.7 Å². The van der Waals surface area contributed by atoms with E-state index >= 15 is 0 Å². The van der Waals surface area contributed by atoms with Crippen LogP contribution in [0.1, 0.15) is 11.1 Å². The van der Waals surface area contributed by atoms with Crippen LogP contribution in [0.4, 0.5) is 26.3 Å². The van der Waals surface area contributed by atoms with Crippen molar-refractivity contribution >= 4 is 5.91 Å². The summed E-state index contributed by atoms with van der Waals surface area (Å²) in [5, 5.41) is 1.81. The highest BCUT2D eigenvalue weighted by atomic mass is 19.4. The summed E-state index contributed by atoms with van der Waals surface area (Å²) in [5.74, 6) is -1.66. The first kappa shape index (κ1) is 18.4. The second kappa shape index (κ2) is 6.88. The number of hydrogen-bond acceptors (Lipinski definition) is 3. The van der Waals surface area contributed by atoms with E-state index in [1.165, 1.54) is 18.2 Å². The molecule has 1 aromatic rings. The Kier molecular flexibility index (Phi) is 5.26. The van der Waals surface area contributed by atoms with Gasteiger partial charge < -0.3 is 14.8 Å². The van der Waals surface area contributed by atoms with Gasteiger partial charge in [0.25, 0.3) is 0 Å². The van der Waals surface area contributed by atoms with Gasteiger partial charge in [-0.15, -0.1) is 0 Å². The predicted molar refractivity (Wildman–Crippen MR) is 69.3 cm³/mol. The zero-order chi connectivity index (χ0) is 18.0. The van der Waals surface area contributed by atoms with Crippen molar-refractivity contribution in [3.05, 3.63) is 29.3 Å². The van der Waals surface area contributed by atoms with E-state index in [0.29, 0.717) is 16.9 Å². The average Bonchev–Trinajstić information content (AvgIpc) is 2.44. The highest BCUT2D eigenvalue weighted by Crippen LogP contribution is 2.27. The van der Waals surface area contributed by atoms with E-state index in [0.717, 1.165) is 0 Å². The molecule has 1 aliphatic rings. The third-order valence-corrected chi connectivity index (χ3v) is 3.16. The number of fused-ring (bicyclic) bond motifs is 1. The predicted octanol–water partition coefficient (Wildman–Crippen LogP) is 2.75. The number of hydrogen-bond donors (Lipinski definition) is 1. The minimum absolute atomic E-state index is 0.0737. The van der Waals surface area contributed by atoms with Crippen LogP contribution in [0, 0.1) is 0 Å². The first-order chi connectivity index (χ1) is 11.0. The van der Waals surface area contributed by atoms with Crippen LogP contribution in [-0.2, 0) is 22.6 Å². The molecule has 1 amide bonds. The number of rotatable bonds is 4. The molecule has 1 aromatic carbocycles. The summed E-state index contributed by atoms with van der Waals surface area (Å²) < 4.78 is 82.6. The molecule has 10 heteroatoms. The molecular formula is C14H13F6NO3. The van der Waals surface area contributed by atoms with Crippen molar-refractivity contribution in [3.63, 3.8) is 0 Å². The van der Waals surface area contributed by atoms with Gasteiger partial charge >= 0.3 is 18.3 Å². The fraction of sp³-hybridized carbons (Fsp3) is 0.500. The topological polar surface area (TPSA) is 47.6 Å². The minimum Gasteiger partial charge on any atom is -0.491 e. The Balaban J connectivity index is 1.97. The Hall–Kier alpha value is -1.97. The summed E-state index contributed by atoms with van der Waals surface area (Å²) >= 11 is 0. The Morgan fingerprint density at radius 3 is 2.58 bits per heavy atom. The van der Waals surface area contributed by atoms with Crippen LogP contribution in [0.15, 0.2) is 18.2 Å². The van der Waals surface area contributed by atoms with Gasteiger partial charge in [0.05, 0.1) is 12.6 Å². The monoisotopic (exact) mass is 357 g/mol. The highest BCUT2D eigenvalue weighted by Gasteiger charge is 2.40. The lowest BCUT2D eigenvalue weighted by atomic mass is 10.0. The fourth-order valence-electron chi connectivity index (χ4n) is 2.18. The fourth-order valence-corrected chi connectivity index (χ4v) is 2.18. The minimum atomic E-state index is -4.99. The second-order valence-corrected chi connectivity index (χ2v) is 5.23. The van der Waals surface area contributed by atoms with Gasteiger partial charge in [-0.2, -0.15) is 26.3 Å². The molecular weight excluding hydrogens is 344 g/mol. The lowest BCUT2D eigenvalue weighted by Crippen LogP contribution is -2.48. The maximum Gasteiger partial charge on any atom is 0.471 e. The van der Waals surface area contributed by atoms with E-state index in [1.54, 1.807) is 0 Å². The van der Waals surface area contributed by atoms with Crippen LogP contribution in [0.3, 0.4) is 0 Å². The standard InChI is InChI=1S/C14H13F6NO3/c15-13(16,17)7-23-5-8-1-2-11-9(3-8)4-10(6-24-11)21-12(22)14(18,19)20/h1-3,10H,4-7H2,(H,21,22). The number of ether oxygens (including phenoxy) is 2. The lowest BCUT2D eigenvalue weighted by molar-refractivity contribution is -0.176. The Morgan fingerprint density at radius 1 is 1.25 bits per heavy atom. The summed E-state index contributed by atoms with van der Waals surface area (Å²) in [5.41, 5.74) is 0.909. The molecule has 1 aliphatic heterocycles. The molecule has 1 unspecified atom stereocenters. The third-order valence-electron chi connectivity index (χ3n) is 3.16. The maximum absolute atomic E-state index is 12.2. The van der Waals surface area contributed by atoms with E-state index < -0.39 is 30.9 Å². The van der Waals surface area contributed by atoms with E-state index in [1.807, 2.05) is 5.32 Å². The summed E-state index contributed by atoms with van der Waals surface area (Å²) in [7, 11) is 0. The SMILES string of the molecule is O=C(NC1COc2ccc(COCC(F)(F)F)cc2C1)C(F)(F)F. The summed E-state index contributed by atoms with van der Waals surface area (Å²) in [6.45, 7) is -1.82. The molecule has 2 rings (SSSR count). The van der Waals surface area contributed by atoms with Crippen molar-refractivity contribution < 1.29 is 40.6 Å². The first-order valence-corrected chi connectivity index (χ1v) is 6.81. The van der Waals surface area contributed by atoms with Crippen LogP contribution < -0.4 is 10.1 Å². The van der Waals surface area contributed by atoms with E-state index in [4.69, 9.17) is 4.74 Å². The van der Waals surface area contributed by atoms with Gasteiger partial charge in [0.1, 0.15) is 19.0 Å². The number of carbonyl (C=O) groups excluding carboxylic acids is 1. The Labute approximate surface area is 132 Å². The molecule has 0 bridgehead atoms.